The molecule has 7 nitrogen and oxygen atoms in total. The molecule has 2 aromatic rings. The summed E-state index contributed by atoms with van der Waals surface area (Å²) in [5.41, 5.74) is 2.12. The highest BCUT2D eigenvalue weighted by molar-refractivity contribution is 6.31. The molecule has 3 amide bonds. The quantitative estimate of drug-likeness (QED) is 0.759. The van der Waals surface area contributed by atoms with E-state index in [9.17, 15) is 14.4 Å². The second-order valence-electron chi connectivity index (χ2n) is 6.76. The number of benzene rings is 2. The SMILES string of the molecule is CNC(=O)[C@@H]1CC(=O)N(c2ccc(OCC(=O)Nc3cccc(Cl)c3C)cc2)C1. The van der Waals surface area contributed by atoms with Crippen molar-refractivity contribution in [1.29, 1.82) is 0 Å². The molecule has 2 N–H and O–H groups in total. The van der Waals surface area contributed by atoms with E-state index < -0.39 is 0 Å². The van der Waals surface area contributed by atoms with Crippen LogP contribution in [0.15, 0.2) is 42.5 Å². The van der Waals surface area contributed by atoms with Gasteiger partial charge in [-0.1, -0.05) is 17.7 Å². The second-order valence-corrected chi connectivity index (χ2v) is 7.17. The first-order chi connectivity index (χ1) is 13.9. The zero-order valence-electron chi connectivity index (χ0n) is 16.2. The molecule has 1 aliphatic rings. The number of carbonyl (C=O) groups excluding carboxylic acids is 3. The zero-order chi connectivity index (χ0) is 21.0. The Balaban J connectivity index is 1.55. The van der Waals surface area contributed by atoms with Gasteiger partial charge in [0.05, 0.1) is 5.92 Å². The maximum atomic E-state index is 12.2. The highest BCUT2D eigenvalue weighted by Gasteiger charge is 2.34. The van der Waals surface area contributed by atoms with Gasteiger partial charge in [-0.3, -0.25) is 14.4 Å². The molecular formula is C21H22ClN3O4. The Morgan fingerprint density at radius 3 is 2.62 bits per heavy atom. The summed E-state index contributed by atoms with van der Waals surface area (Å²) in [5, 5.41) is 5.92. The van der Waals surface area contributed by atoms with Crippen molar-refractivity contribution >= 4 is 40.7 Å². The van der Waals surface area contributed by atoms with Gasteiger partial charge in [-0.25, -0.2) is 0 Å². The first-order valence-electron chi connectivity index (χ1n) is 9.19. The van der Waals surface area contributed by atoms with Crippen molar-refractivity contribution in [3.8, 4) is 5.75 Å². The van der Waals surface area contributed by atoms with Gasteiger partial charge in [-0.15, -0.1) is 0 Å². The molecule has 0 saturated carbocycles. The molecule has 1 atom stereocenters. The largest absolute Gasteiger partial charge is 0.484 e. The molecule has 152 valence electrons. The number of ether oxygens (including phenoxy) is 1. The third-order valence-corrected chi connectivity index (χ3v) is 5.21. The van der Waals surface area contributed by atoms with Crippen LogP contribution in [0.4, 0.5) is 11.4 Å². The molecule has 0 radical (unpaired) electrons. The maximum Gasteiger partial charge on any atom is 0.262 e. The minimum Gasteiger partial charge on any atom is -0.484 e. The first-order valence-corrected chi connectivity index (χ1v) is 9.56. The lowest BCUT2D eigenvalue weighted by atomic mass is 10.1. The lowest BCUT2D eigenvalue weighted by Crippen LogP contribution is -2.30. The van der Waals surface area contributed by atoms with E-state index >= 15 is 0 Å². The van der Waals surface area contributed by atoms with Crippen LogP contribution in [0.25, 0.3) is 0 Å². The highest BCUT2D eigenvalue weighted by atomic mass is 35.5. The maximum absolute atomic E-state index is 12.2. The van der Waals surface area contributed by atoms with Crippen LogP contribution in [0.1, 0.15) is 12.0 Å². The number of hydrogen-bond acceptors (Lipinski definition) is 4. The van der Waals surface area contributed by atoms with E-state index in [4.69, 9.17) is 16.3 Å². The van der Waals surface area contributed by atoms with Gasteiger partial charge in [0.25, 0.3) is 5.91 Å². The topological polar surface area (TPSA) is 87.7 Å². The molecule has 0 bridgehead atoms. The minimum absolute atomic E-state index is 0.0939. The van der Waals surface area contributed by atoms with Crippen molar-refractivity contribution < 1.29 is 19.1 Å². The Hall–Kier alpha value is -3.06. The van der Waals surface area contributed by atoms with E-state index in [1.807, 2.05) is 6.92 Å². The van der Waals surface area contributed by atoms with Gasteiger partial charge in [-0.05, 0) is 48.9 Å². The van der Waals surface area contributed by atoms with E-state index in [1.165, 1.54) is 0 Å². The lowest BCUT2D eigenvalue weighted by Gasteiger charge is -2.17. The fourth-order valence-corrected chi connectivity index (χ4v) is 3.31. The second kappa shape index (κ2) is 8.96. The van der Waals surface area contributed by atoms with Gasteiger partial charge >= 0.3 is 0 Å². The average Bonchev–Trinajstić information content (AvgIpc) is 3.11. The van der Waals surface area contributed by atoms with E-state index in [0.717, 1.165) is 5.56 Å². The van der Waals surface area contributed by atoms with Crippen LogP contribution < -0.4 is 20.3 Å². The summed E-state index contributed by atoms with van der Waals surface area (Å²) in [7, 11) is 1.56. The van der Waals surface area contributed by atoms with Gasteiger partial charge in [0.15, 0.2) is 6.61 Å². The van der Waals surface area contributed by atoms with E-state index in [1.54, 1.807) is 54.4 Å². The molecule has 3 rings (SSSR count). The number of nitrogens with zero attached hydrogens (tertiary/aromatic N) is 1. The van der Waals surface area contributed by atoms with Crippen LogP contribution >= 0.6 is 11.6 Å². The summed E-state index contributed by atoms with van der Waals surface area (Å²) in [6, 6.07) is 12.1. The summed E-state index contributed by atoms with van der Waals surface area (Å²) >= 11 is 6.05. The Morgan fingerprint density at radius 1 is 1.21 bits per heavy atom. The predicted molar refractivity (Wildman–Crippen MR) is 111 cm³/mol. The summed E-state index contributed by atoms with van der Waals surface area (Å²) < 4.78 is 5.52. The van der Waals surface area contributed by atoms with E-state index in [2.05, 4.69) is 10.6 Å². The van der Waals surface area contributed by atoms with Gasteiger partial charge in [-0.2, -0.15) is 0 Å². The van der Waals surface area contributed by atoms with Crippen LogP contribution in [0.3, 0.4) is 0 Å². The molecule has 8 heteroatoms. The molecule has 1 heterocycles. The fraction of sp³-hybridized carbons (Fsp3) is 0.286. The molecule has 2 aromatic carbocycles. The van der Waals surface area contributed by atoms with Crippen molar-refractivity contribution in [2.24, 2.45) is 5.92 Å². The minimum atomic E-state index is -0.345. The molecule has 1 aliphatic heterocycles. The Labute approximate surface area is 174 Å². The molecule has 29 heavy (non-hydrogen) atoms. The number of nitrogens with one attached hydrogen (secondary N) is 2. The van der Waals surface area contributed by atoms with Crippen LogP contribution in [0, 0.1) is 12.8 Å². The number of halogens is 1. The smallest absolute Gasteiger partial charge is 0.262 e. The standard InChI is InChI=1S/C21H22ClN3O4/c1-13-17(22)4-3-5-18(13)24-19(26)12-29-16-8-6-15(7-9-16)25-11-14(10-20(25)27)21(28)23-2/h3-9,14H,10-12H2,1-2H3,(H,23,28)(H,24,26)/t14-/m1/s1. The van der Waals surface area contributed by atoms with Crippen molar-refractivity contribution in [1.82, 2.24) is 5.32 Å². The van der Waals surface area contributed by atoms with Crippen molar-refractivity contribution in [2.75, 3.05) is 30.4 Å². The summed E-state index contributed by atoms with van der Waals surface area (Å²) in [6.07, 6.45) is 0.195. The summed E-state index contributed by atoms with van der Waals surface area (Å²) in [5.74, 6) is -0.379. The van der Waals surface area contributed by atoms with Crippen molar-refractivity contribution in [2.45, 2.75) is 13.3 Å². The van der Waals surface area contributed by atoms with E-state index in [0.29, 0.717) is 28.7 Å². The summed E-state index contributed by atoms with van der Waals surface area (Å²) in [4.78, 5) is 37.6. The number of amides is 3. The fourth-order valence-electron chi connectivity index (χ4n) is 3.14. The highest BCUT2D eigenvalue weighted by Crippen LogP contribution is 2.27. The van der Waals surface area contributed by atoms with Crippen LogP contribution in [0.2, 0.25) is 5.02 Å². The Kier molecular flexibility index (Phi) is 6.39. The number of carbonyl (C=O) groups is 3. The normalized spacial score (nSPS) is 15.9. The van der Waals surface area contributed by atoms with Crippen molar-refractivity contribution in [3.05, 3.63) is 53.1 Å². The number of hydrogen-bond donors (Lipinski definition) is 2. The van der Waals surface area contributed by atoms with Gasteiger partial charge < -0.3 is 20.3 Å². The third-order valence-electron chi connectivity index (χ3n) is 4.80. The third kappa shape index (κ3) is 4.86. The molecule has 1 saturated heterocycles. The number of anilines is 2. The van der Waals surface area contributed by atoms with E-state index in [-0.39, 0.29) is 36.7 Å². The molecule has 0 aliphatic carbocycles. The van der Waals surface area contributed by atoms with Crippen LogP contribution in [-0.4, -0.2) is 37.9 Å². The van der Waals surface area contributed by atoms with Crippen LogP contribution in [0.5, 0.6) is 5.75 Å². The van der Waals surface area contributed by atoms with Crippen LogP contribution in [-0.2, 0) is 14.4 Å². The summed E-state index contributed by atoms with van der Waals surface area (Å²) in [6.45, 7) is 2.01. The van der Waals surface area contributed by atoms with Gasteiger partial charge in [0.2, 0.25) is 11.8 Å². The Morgan fingerprint density at radius 2 is 1.93 bits per heavy atom. The predicted octanol–water partition coefficient (Wildman–Crippen LogP) is 2.76. The van der Waals surface area contributed by atoms with Gasteiger partial charge in [0.1, 0.15) is 5.75 Å². The average molecular weight is 416 g/mol. The molecule has 0 spiro atoms. The van der Waals surface area contributed by atoms with Gasteiger partial charge in [0, 0.05) is 36.4 Å². The first kappa shape index (κ1) is 20.7. The molecule has 1 fully saturated rings. The molecular weight excluding hydrogens is 394 g/mol. The monoisotopic (exact) mass is 415 g/mol. The molecule has 0 aromatic heterocycles. The number of rotatable bonds is 6. The van der Waals surface area contributed by atoms with Crippen molar-refractivity contribution in [3.63, 3.8) is 0 Å². The zero-order valence-corrected chi connectivity index (χ0v) is 17.0. The lowest BCUT2D eigenvalue weighted by molar-refractivity contribution is -0.125. The Bertz CT molecular complexity index is 930. The molecule has 0 unspecified atom stereocenters.